The van der Waals surface area contributed by atoms with Gasteiger partial charge in [0.2, 0.25) is 5.91 Å². The average Bonchev–Trinajstić information content (AvgIpc) is 3.31. The summed E-state index contributed by atoms with van der Waals surface area (Å²) in [5.74, 6) is 0.114. The van der Waals surface area contributed by atoms with Crippen LogP contribution < -0.4 is 10.1 Å². The van der Waals surface area contributed by atoms with E-state index in [1.165, 1.54) is 29.8 Å². The zero-order valence-electron chi connectivity index (χ0n) is 14.9. The standard InChI is InChI=1S/C19H18N2O4S2/c1-3-25-14-6-4-12(5-7-14)18-20-13(11-27-18)10-16(22)21-15-8-9-26-17(15)19(23)24-2/h4-9,11H,3,10H2,1-2H3,(H,21,22). The second-order valence-corrected chi connectivity index (χ2v) is 7.26. The fraction of sp³-hybridized carbons (Fsp3) is 0.211. The Morgan fingerprint density at radius 2 is 1.93 bits per heavy atom. The number of aromatic nitrogens is 1. The number of benzene rings is 1. The second kappa shape index (κ2) is 8.79. The fourth-order valence-electron chi connectivity index (χ4n) is 2.40. The number of nitrogens with one attached hydrogen (secondary N) is 1. The normalized spacial score (nSPS) is 10.4. The molecule has 0 fully saturated rings. The third kappa shape index (κ3) is 4.72. The van der Waals surface area contributed by atoms with Crippen molar-refractivity contribution in [3.05, 3.63) is 51.7 Å². The lowest BCUT2D eigenvalue weighted by atomic mass is 10.2. The van der Waals surface area contributed by atoms with Gasteiger partial charge < -0.3 is 14.8 Å². The summed E-state index contributed by atoms with van der Waals surface area (Å²) < 4.78 is 10.1. The smallest absolute Gasteiger partial charge is 0.350 e. The molecule has 1 amide bonds. The van der Waals surface area contributed by atoms with Crippen LogP contribution >= 0.6 is 22.7 Å². The topological polar surface area (TPSA) is 77.5 Å². The molecule has 1 aromatic carbocycles. The zero-order chi connectivity index (χ0) is 19.2. The maximum atomic E-state index is 12.3. The van der Waals surface area contributed by atoms with Gasteiger partial charge in [0, 0.05) is 10.9 Å². The Balaban J connectivity index is 1.64. The Hall–Kier alpha value is -2.71. The largest absolute Gasteiger partial charge is 0.494 e. The first kappa shape index (κ1) is 19.1. The summed E-state index contributed by atoms with van der Waals surface area (Å²) in [5, 5.41) is 7.18. The summed E-state index contributed by atoms with van der Waals surface area (Å²) >= 11 is 2.70. The third-order valence-electron chi connectivity index (χ3n) is 3.62. The van der Waals surface area contributed by atoms with Gasteiger partial charge in [0.25, 0.3) is 0 Å². The number of nitrogens with zero attached hydrogens (tertiary/aromatic N) is 1. The number of methoxy groups -OCH3 is 1. The lowest BCUT2D eigenvalue weighted by Gasteiger charge is -2.04. The van der Waals surface area contributed by atoms with Crippen molar-refractivity contribution >= 4 is 40.2 Å². The minimum atomic E-state index is -0.466. The number of anilines is 1. The van der Waals surface area contributed by atoms with Gasteiger partial charge in [-0.25, -0.2) is 9.78 Å². The number of ether oxygens (including phenoxy) is 2. The van der Waals surface area contributed by atoms with Crippen LogP contribution in [0.5, 0.6) is 5.75 Å². The van der Waals surface area contributed by atoms with Crippen LogP contribution in [-0.4, -0.2) is 30.6 Å². The molecule has 0 unspecified atom stereocenters. The van der Waals surface area contributed by atoms with Crippen molar-refractivity contribution in [3.8, 4) is 16.3 Å². The highest BCUT2D eigenvalue weighted by Gasteiger charge is 2.16. The molecule has 1 N–H and O–H groups in total. The highest BCUT2D eigenvalue weighted by molar-refractivity contribution is 7.13. The number of hydrogen-bond donors (Lipinski definition) is 1. The zero-order valence-corrected chi connectivity index (χ0v) is 16.5. The number of thiazole rings is 1. The molecule has 0 bridgehead atoms. The molecule has 6 nitrogen and oxygen atoms in total. The molecule has 0 spiro atoms. The predicted octanol–water partition coefficient (Wildman–Crippen LogP) is 4.24. The summed E-state index contributed by atoms with van der Waals surface area (Å²) in [6.45, 7) is 2.56. The van der Waals surface area contributed by atoms with Gasteiger partial charge in [-0.2, -0.15) is 0 Å². The van der Waals surface area contributed by atoms with Gasteiger partial charge in [-0.15, -0.1) is 22.7 Å². The van der Waals surface area contributed by atoms with E-state index >= 15 is 0 Å². The van der Waals surface area contributed by atoms with Crippen molar-refractivity contribution in [2.75, 3.05) is 19.0 Å². The number of hydrogen-bond acceptors (Lipinski definition) is 7. The SMILES string of the molecule is CCOc1ccc(-c2nc(CC(=O)Nc3ccsc3C(=O)OC)cs2)cc1. The van der Waals surface area contributed by atoms with Crippen LogP contribution in [0.3, 0.4) is 0 Å². The van der Waals surface area contributed by atoms with E-state index < -0.39 is 5.97 Å². The quantitative estimate of drug-likeness (QED) is 0.598. The molecule has 2 aromatic heterocycles. The molecular formula is C19H18N2O4S2. The maximum Gasteiger partial charge on any atom is 0.350 e. The minimum absolute atomic E-state index is 0.129. The van der Waals surface area contributed by atoms with Gasteiger partial charge in [0.15, 0.2) is 0 Å². The van der Waals surface area contributed by atoms with E-state index in [4.69, 9.17) is 9.47 Å². The first-order chi connectivity index (χ1) is 13.1. The summed E-state index contributed by atoms with van der Waals surface area (Å²) in [5.41, 5.74) is 2.11. The van der Waals surface area contributed by atoms with Gasteiger partial charge in [-0.3, -0.25) is 4.79 Å². The molecular weight excluding hydrogens is 384 g/mol. The van der Waals surface area contributed by atoms with E-state index in [1.807, 2.05) is 36.6 Å². The van der Waals surface area contributed by atoms with Crippen LogP contribution in [-0.2, 0) is 16.0 Å². The first-order valence-electron chi connectivity index (χ1n) is 8.24. The fourth-order valence-corrected chi connectivity index (χ4v) is 3.99. The Kier molecular flexibility index (Phi) is 6.20. The van der Waals surface area contributed by atoms with Crippen molar-refractivity contribution in [3.63, 3.8) is 0 Å². The molecule has 3 rings (SSSR count). The lowest BCUT2D eigenvalue weighted by Crippen LogP contribution is -2.16. The van der Waals surface area contributed by atoms with E-state index in [0.29, 0.717) is 22.9 Å². The van der Waals surface area contributed by atoms with E-state index in [1.54, 1.807) is 11.4 Å². The number of carbonyl (C=O) groups excluding carboxylic acids is 2. The molecule has 8 heteroatoms. The van der Waals surface area contributed by atoms with Crippen LogP contribution in [0.1, 0.15) is 22.3 Å². The van der Waals surface area contributed by atoms with Gasteiger partial charge in [-0.05, 0) is 42.6 Å². The van der Waals surface area contributed by atoms with Crippen LogP contribution in [0.25, 0.3) is 10.6 Å². The van der Waals surface area contributed by atoms with E-state index in [9.17, 15) is 9.59 Å². The minimum Gasteiger partial charge on any atom is -0.494 e. The predicted molar refractivity (Wildman–Crippen MR) is 107 cm³/mol. The Labute approximate surface area is 164 Å². The summed E-state index contributed by atoms with van der Waals surface area (Å²) in [4.78, 5) is 28.9. The van der Waals surface area contributed by atoms with Gasteiger partial charge in [0.05, 0.1) is 31.5 Å². The third-order valence-corrected chi connectivity index (χ3v) is 5.45. The maximum absolute atomic E-state index is 12.3. The highest BCUT2D eigenvalue weighted by atomic mass is 32.1. The Morgan fingerprint density at radius 3 is 2.63 bits per heavy atom. The number of amides is 1. The van der Waals surface area contributed by atoms with Crippen molar-refractivity contribution in [1.82, 2.24) is 4.98 Å². The summed E-state index contributed by atoms with van der Waals surface area (Å²) in [6, 6.07) is 9.37. The van der Waals surface area contributed by atoms with Gasteiger partial charge in [-0.1, -0.05) is 0 Å². The van der Waals surface area contributed by atoms with Crippen LogP contribution in [0.2, 0.25) is 0 Å². The van der Waals surface area contributed by atoms with Crippen molar-refractivity contribution in [2.24, 2.45) is 0 Å². The monoisotopic (exact) mass is 402 g/mol. The number of thiophene rings is 1. The van der Waals surface area contributed by atoms with Crippen molar-refractivity contribution in [1.29, 1.82) is 0 Å². The van der Waals surface area contributed by atoms with Crippen molar-refractivity contribution in [2.45, 2.75) is 13.3 Å². The van der Waals surface area contributed by atoms with Crippen LogP contribution in [0.15, 0.2) is 41.1 Å². The summed E-state index contributed by atoms with van der Waals surface area (Å²) in [6.07, 6.45) is 0.129. The van der Waals surface area contributed by atoms with Gasteiger partial charge in [0.1, 0.15) is 15.6 Å². The summed E-state index contributed by atoms with van der Waals surface area (Å²) in [7, 11) is 1.31. The second-order valence-electron chi connectivity index (χ2n) is 5.48. The molecule has 140 valence electrons. The molecule has 0 aliphatic rings. The molecule has 2 heterocycles. The highest BCUT2D eigenvalue weighted by Crippen LogP contribution is 2.27. The molecule has 3 aromatic rings. The van der Waals surface area contributed by atoms with E-state index in [2.05, 4.69) is 10.3 Å². The van der Waals surface area contributed by atoms with E-state index in [0.717, 1.165) is 16.3 Å². The molecule has 0 aliphatic heterocycles. The Bertz CT molecular complexity index is 931. The van der Waals surface area contributed by atoms with Crippen LogP contribution in [0.4, 0.5) is 5.69 Å². The average molecular weight is 402 g/mol. The molecule has 0 aliphatic carbocycles. The molecule has 0 saturated heterocycles. The molecule has 27 heavy (non-hydrogen) atoms. The van der Waals surface area contributed by atoms with E-state index in [-0.39, 0.29) is 12.3 Å². The first-order valence-corrected chi connectivity index (χ1v) is 10.00. The Morgan fingerprint density at radius 1 is 1.15 bits per heavy atom. The number of esters is 1. The lowest BCUT2D eigenvalue weighted by molar-refractivity contribution is -0.115. The van der Waals surface area contributed by atoms with Gasteiger partial charge >= 0.3 is 5.97 Å². The number of carbonyl (C=O) groups is 2. The molecule has 0 radical (unpaired) electrons. The molecule has 0 saturated carbocycles. The van der Waals surface area contributed by atoms with Crippen molar-refractivity contribution < 1.29 is 19.1 Å². The number of rotatable bonds is 7. The van der Waals surface area contributed by atoms with Crippen LogP contribution in [0, 0.1) is 0 Å². The molecule has 0 atom stereocenters.